The summed E-state index contributed by atoms with van der Waals surface area (Å²) in [5.74, 6) is -0.450. The summed E-state index contributed by atoms with van der Waals surface area (Å²) in [6.45, 7) is 3.21. The lowest BCUT2D eigenvalue weighted by Crippen LogP contribution is -2.33. The highest BCUT2D eigenvalue weighted by Gasteiger charge is 2.24. The number of aromatic nitrogens is 3. The molecule has 1 N–H and O–H groups in total. The van der Waals surface area contributed by atoms with Gasteiger partial charge >= 0.3 is 5.69 Å². The average molecular weight is 394 g/mol. The van der Waals surface area contributed by atoms with Gasteiger partial charge in [-0.25, -0.2) is 14.3 Å². The minimum atomic E-state index is -0.443. The summed E-state index contributed by atoms with van der Waals surface area (Å²) in [5, 5.41) is 6.52. The normalized spacial score (nSPS) is 17.8. The highest BCUT2D eigenvalue weighted by Crippen LogP contribution is 2.23. The number of nitrogens with one attached hydrogen (secondary N) is 1. The predicted molar refractivity (Wildman–Crippen MR) is 100 cm³/mol. The first-order chi connectivity index (χ1) is 12.9. The third kappa shape index (κ3) is 4.98. The first-order valence-corrected chi connectivity index (χ1v) is 9.75. The Balaban J connectivity index is 1.63. The van der Waals surface area contributed by atoms with Crippen molar-refractivity contribution in [2.24, 2.45) is 0 Å². The van der Waals surface area contributed by atoms with E-state index in [2.05, 4.69) is 10.2 Å². The fourth-order valence-electron chi connectivity index (χ4n) is 3.05. The third-order valence-electron chi connectivity index (χ3n) is 4.45. The molecule has 0 saturated carbocycles. The van der Waals surface area contributed by atoms with Gasteiger partial charge in [0.05, 0.1) is 17.9 Å². The van der Waals surface area contributed by atoms with E-state index >= 15 is 0 Å². The number of rotatable bonds is 7. The molecule has 1 fully saturated rings. The predicted octanol–water partition coefficient (Wildman–Crippen LogP) is 2.03. The molecule has 3 rings (SSSR count). The van der Waals surface area contributed by atoms with Crippen LogP contribution < -0.4 is 5.69 Å². The van der Waals surface area contributed by atoms with Gasteiger partial charge in [-0.05, 0) is 37.5 Å². The molecule has 0 aliphatic carbocycles. The number of H-pyrrole nitrogens is 1. The molecule has 27 heavy (non-hydrogen) atoms. The van der Waals surface area contributed by atoms with Crippen molar-refractivity contribution in [2.45, 2.75) is 49.4 Å². The van der Waals surface area contributed by atoms with Gasteiger partial charge in [-0.1, -0.05) is 23.9 Å². The lowest BCUT2D eigenvalue weighted by atomic mass is 10.2. The number of hydrogen-bond acceptors (Lipinski definition) is 5. The second-order valence-corrected chi connectivity index (χ2v) is 7.95. The number of thioether (sulfide) groups is 1. The van der Waals surface area contributed by atoms with Crippen LogP contribution in [0.1, 0.15) is 25.3 Å². The fraction of sp³-hybridized carbons (Fsp3) is 0.500. The summed E-state index contributed by atoms with van der Waals surface area (Å²) >= 11 is 1.22. The summed E-state index contributed by atoms with van der Waals surface area (Å²) in [6.07, 6.45) is 1.90. The van der Waals surface area contributed by atoms with Crippen LogP contribution in [0.5, 0.6) is 0 Å². The third-order valence-corrected chi connectivity index (χ3v) is 5.53. The molecule has 1 aromatic carbocycles. The smallest absolute Gasteiger partial charge is 0.344 e. The van der Waals surface area contributed by atoms with Gasteiger partial charge in [-0.3, -0.25) is 9.36 Å². The van der Waals surface area contributed by atoms with Crippen molar-refractivity contribution in [2.75, 3.05) is 13.7 Å². The van der Waals surface area contributed by atoms with E-state index in [1.165, 1.54) is 28.5 Å². The molecule has 146 valence electrons. The van der Waals surface area contributed by atoms with Crippen LogP contribution in [0.2, 0.25) is 0 Å². The van der Waals surface area contributed by atoms with E-state index < -0.39 is 5.25 Å². The topological polar surface area (TPSA) is 80.2 Å². The molecule has 2 heterocycles. The summed E-state index contributed by atoms with van der Waals surface area (Å²) in [6, 6.07) is 6.18. The summed E-state index contributed by atoms with van der Waals surface area (Å²) in [4.78, 5) is 26.2. The maximum Gasteiger partial charge on any atom is 0.344 e. The van der Waals surface area contributed by atoms with Gasteiger partial charge in [0.25, 0.3) is 0 Å². The number of hydrogen-bond donors (Lipinski definition) is 1. The largest absolute Gasteiger partial charge is 0.376 e. The van der Waals surface area contributed by atoms with Crippen molar-refractivity contribution in [3.63, 3.8) is 0 Å². The molecule has 1 aromatic heterocycles. The van der Waals surface area contributed by atoms with Crippen LogP contribution in [0, 0.1) is 5.82 Å². The maximum atomic E-state index is 13.3. The second kappa shape index (κ2) is 8.71. The van der Waals surface area contributed by atoms with E-state index in [1.807, 2.05) is 0 Å². The zero-order valence-electron chi connectivity index (χ0n) is 15.4. The molecule has 0 spiro atoms. The average Bonchev–Trinajstić information content (AvgIpc) is 3.26. The Morgan fingerprint density at radius 2 is 2.37 bits per heavy atom. The quantitative estimate of drug-likeness (QED) is 0.727. The molecule has 1 saturated heterocycles. The van der Waals surface area contributed by atoms with Crippen molar-refractivity contribution in [3.8, 4) is 0 Å². The first kappa shape index (κ1) is 19.6. The minimum Gasteiger partial charge on any atom is -0.376 e. The Kier molecular flexibility index (Phi) is 6.33. The zero-order chi connectivity index (χ0) is 19.4. The van der Waals surface area contributed by atoms with E-state index in [0.717, 1.165) is 18.4 Å². The van der Waals surface area contributed by atoms with Gasteiger partial charge in [-0.15, -0.1) is 5.10 Å². The Hall–Kier alpha value is -2.13. The lowest BCUT2D eigenvalue weighted by molar-refractivity contribution is -0.129. The van der Waals surface area contributed by atoms with Gasteiger partial charge in [0.1, 0.15) is 5.82 Å². The van der Waals surface area contributed by atoms with Crippen molar-refractivity contribution in [1.29, 1.82) is 0 Å². The van der Waals surface area contributed by atoms with Gasteiger partial charge in [-0.2, -0.15) is 0 Å². The Bertz CT molecular complexity index is 847. The number of carbonyl (C=O) groups is 1. The zero-order valence-corrected chi connectivity index (χ0v) is 16.2. The number of aromatic amines is 1. The van der Waals surface area contributed by atoms with Crippen LogP contribution in [0.25, 0.3) is 0 Å². The Morgan fingerprint density at radius 1 is 1.56 bits per heavy atom. The van der Waals surface area contributed by atoms with Crippen LogP contribution in [0.4, 0.5) is 4.39 Å². The Morgan fingerprint density at radius 3 is 3.07 bits per heavy atom. The van der Waals surface area contributed by atoms with Crippen molar-refractivity contribution in [1.82, 2.24) is 19.7 Å². The first-order valence-electron chi connectivity index (χ1n) is 8.87. The molecule has 1 aliphatic rings. The summed E-state index contributed by atoms with van der Waals surface area (Å²) < 4.78 is 20.4. The summed E-state index contributed by atoms with van der Waals surface area (Å²) in [7, 11) is 1.67. The van der Waals surface area contributed by atoms with Crippen molar-refractivity contribution in [3.05, 3.63) is 46.1 Å². The molecule has 2 aromatic rings. The monoisotopic (exact) mass is 394 g/mol. The van der Waals surface area contributed by atoms with Crippen LogP contribution in [-0.4, -0.2) is 50.6 Å². The molecule has 0 radical (unpaired) electrons. The number of carbonyl (C=O) groups excluding carboxylic acids is 1. The lowest BCUT2D eigenvalue weighted by Gasteiger charge is -2.21. The van der Waals surface area contributed by atoms with E-state index in [-0.39, 0.29) is 23.5 Å². The molecule has 7 nitrogen and oxygen atoms in total. The molecular formula is C18H23FN4O3S. The van der Waals surface area contributed by atoms with Crippen molar-refractivity contribution >= 4 is 17.7 Å². The maximum absolute atomic E-state index is 13.3. The molecule has 0 bridgehead atoms. The molecule has 2 unspecified atom stereocenters. The van der Waals surface area contributed by atoms with E-state index in [1.54, 1.807) is 31.0 Å². The molecule has 1 aliphatic heterocycles. The number of ether oxygens (including phenoxy) is 1. The van der Waals surface area contributed by atoms with Gasteiger partial charge in [0.15, 0.2) is 5.16 Å². The minimum absolute atomic E-state index is 0.00121. The number of benzene rings is 1. The highest BCUT2D eigenvalue weighted by atomic mass is 32.2. The van der Waals surface area contributed by atoms with E-state index in [4.69, 9.17) is 4.74 Å². The van der Waals surface area contributed by atoms with Gasteiger partial charge in [0.2, 0.25) is 5.91 Å². The number of amides is 1. The van der Waals surface area contributed by atoms with E-state index in [0.29, 0.717) is 24.9 Å². The fourth-order valence-corrected chi connectivity index (χ4v) is 4.03. The second-order valence-electron chi connectivity index (χ2n) is 6.64. The Labute approximate surface area is 160 Å². The summed E-state index contributed by atoms with van der Waals surface area (Å²) in [5.41, 5.74) is 0.416. The van der Waals surface area contributed by atoms with Gasteiger partial charge < -0.3 is 9.64 Å². The van der Waals surface area contributed by atoms with Gasteiger partial charge in [0, 0.05) is 20.2 Å². The molecule has 2 atom stereocenters. The molecule has 9 heteroatoms. The highest BCUT2D eigenvalue weighted by molar-refractivity contribution is 8.00. The van der Waals surface area contributed by atoms with Crippen molar-refractivity contribution < 1.29 is 13.9 Å². The van der Waals surface area contributed by atoms with Crippen LogP contribution >= 0.6 is 11.8 Å². The standard InChI is InChI=1S/C18H23FN4O3S/c1-12(16(24)22(2)10-13-5-3-6-14(19)9-13)27-18-21-20-17(25)23(18)11-15-7-4-8-26-15/h3,5-6,9,12,15H,4,7-8,10-11H2,1-2H3,(H,20,25). The number of halogens is 1. The van der Waals surface area contributed by atoms with Crippen LogP contribution in [0.15, 0.2) is 34.2 Å². The number of nitrogens with zero attached hydrogens (tertiary/aromatic N) is 3. The molecular weight excluding hydrogens is 371 g/mol. The van der Waals surface area contributed by atoms with Crippen LogP contribution in [0.3, 0.4) is 0 Å². The SMILES string of the molecule is CC(Sc1n[nH]c(=O)n1CC1CCCO1)C(=O)N(C)Cc1cccc(F)c1. The van der Waals surface area contributed by atoms with E-state index in [9.17, 15) is 14.0 Å². The molecule has 1 amide bonds. The van der Waals surface area contributed by atoms with Crippen LogP contribution in [-0.2, 0) is 22.6 Å².